The van der Waals surface area contributed by atoms with E-state index in [9.17, 15) is 9.59 Å². The first-order valence-corrected chi connectivity index (χ1v) is 5.87. The van der Waals surface area contributed by atoms with Crippen molar-refractivity contribution in [2.45, 2.75) is 52.7 Å². The highest BCUT2D eigenvalue weighted by molar-refractivity contribution is 5.85. The van der Waals surface area contributed by atoms with Gasteiger partial charge in [-0.25, -0.2) is 0 Å². The number of hydrogen-bond donors (Lipinski definition) is 2. The molecule has 0 aromatic heterocycles. The number of esters is 1. The first-order valence-electron chi connectivity index (χ1n) is 5.87. The molecule has 0 saturated carbocycles. The zero-order valence-electron chi connectivity index (χ0n) is 11.4. The second-order valence-electron chi connectivity index (χ2n) is 5.54. The van der Waals surface area contributed by atoms with Crippen LogP contribution < -0.4 is 11.1 Å². The lowest BCUT2D eigenvalue weighted by atomic mass is 10.0. The van der Waals surface area contributed by atoms with Crippen molar-refractivity contribution in [3.05, 3.63) is 0 Å². The third-order valence-corrected chi connectivity index (χ3v) is 1.89. The van der Waals surface area contributed by atoms with Gasteiger partial charge in [0.2, 0.25) is 5.91 Å². The lowest BCUT2D eigenvalue weighted by molar-refractivity contribution is -0.154. The molecular weight excluding hydrogens is 220 g/mol. The summed E-state index contributed by atoms with van der Waals surface area (Å²) < 4.78 is 5.05. The molecule has 0 radical (unpaired) electrons. The minimum absolute atomic E-state index is 0.137. The Hall–Kier alpha value is -1.10. The van der Waals surface area contributed by atoms with Crippen molar-refractivity contribution in [1.29, 1.82) is 0 Å². The average molecular weight is 244 g/mol. The molecule has 0 spiro atoms. The molecule has 0 bridgehead atoms. The van der Waals surface area contributed by atoms with Crippen LogP contribution in [0.4, 0.5) is 0 Å². The van der Waals surface area contributed by atoms with Crippen molar-refractivity contribution < 1.29 is 14.3 Å². The number of hydrogen-bond acceptors (Lipinski definition) is 4. The molecule has 0 aromatic rings. The van der Waals surface area contributed by atoms with Gasteiger partial charge in [0.1, 0.15) is 12.1 Å². The molecule has 0 heterocycles. The molecule has 0 rings (SSSR count). The summed E-state index contributed by atoms with van der Waals surface area (Å²) in [5.74, 6) is -0.426. The van der Waals surface area contributed by atoms with Crippen LogP contribution in [0.2, 0.25) is 0 Å². The molecule has 1 amide bonds. The van der Waals surface area contributed by atoms with Crippen molar-refractivity contribution >= 4 is 11.9 Å². The van der Waals surface area contributed by atoms with Crippen molar-refractivity contribution in [1.82, 2.24) is 5.32 Å². The summed E-state index contributed by atoms with van der Waals surface area (Å²) >= 11 is 0. The minimum atomic E-state index is -0.572. The number of ether oxygens (including phenoxy) is 1. The second-order valence-corrected chi connectivity index (χ2v) is 5.54. The normalized spacial score (nSPS) is 13.4. The smallest absolute Gasteiger partial charge is 0.325 e. The molecule has 0 fully saturated rings. The molecule has 0 aliphatic heterocycles. The van der Waals surface area contributed by atoms with Crippen LogP contribution in [-0.2, 0) is 14.3 Å². The maximum Gasteiger partial charge on any atom is 0.325 e. The molecular formula is C12H24N2O3. The SMILES string of the molecule is CC(C)C[C@H](N)C(=O)NCC(=O)OC(C)(C)C. The summed E-state index contributed by atoms with van der Waals surface area (Å²) in [5.41, 5.74) is 5.13. The van der Waals surface area contributed by atoms with E-state index in [4.69, 9.17) is 10.5 Å². The maximum atomic E-state index is 11.5. The summed E-state index contributed by atoms with van der Waals surface area (Å²) in [4.78, 5) is 22.8. The zero-order chi connectivity index (χ0) is 13.6. The van der Waals surface area contributed by atoms with E-state index >= 15 is 0 Å². The standard InChI is InChI=1S/C12H24N2O3/c1-8(2)6-9(13)11(16)14-7-10(15)17-12(3,4)5/h8-9H,6-7,13H2,1-5H3,(H,14,16)/t9-/m0/s1. The van der Waals surface area contributed by atoms with E-state index in [2.05, 4.69) is 5.32 Å². The van der Waals surface area contributed by atoms with Gasteiger partial charge in [0.05, 0.1) is 6.04 Å². The van der Waals surface area contributed by atoms with Crippen molar-refractivity contribution in [2.24, 2.45) is 11.7 Å². The monoisotopic (exact) mass is 244 g/mol. The molecule has 5 nitrogen and oxygen atoms in total. The van der Waals surface area contributed by atoms with Gasteiger partial charge in [-0.1, -0.05) is 13.8 Å². The van der Waals surface area contributed by atoms with Crippen LogP contribution in [0.25, 0.3) is 0 Å². The minimum Gasteiger partial charge on any atom is -0.459 e. The highest BCUT2D eigenvalue weighted by Gasteiger charge is 2.19. The van der Waals surface area contributed by atoms with E-state index in [-0.39, 0.29) is 12.5 Å². The molecule has 0 aromatic carbocycles. The Labute approximate surface area is 103 Å². The first kappa shape index (κ1) is 15.9. The molecule has 17 heavy (non-hydrogen) atoms. The Bertz CT molecular complexity index is 269. The van der Waals surface area contributed by atoms with Gasteiger partial charge in [-0.15, -0.1) is 0 Å². The quantitative estimate of drug-likeness (QED) is 0.701. The highest BCUT2D eigenvalue weighted by atomic mass is 16.6. The first-order chi connectivity index (χ1) is 7.61. The molecule has 0 aliphatic carbocycles. The van der Waals surface area contributed by atoms with Crippen molar-refractivity contribution in [3.8, 4) is 0 Å². The van der Waals surface area contributed by atoms with Crippen LogP contribution in [0.5, 0.6) is 0 Å². The van der Waals surface area contributed by atoms with Gasteiger partial charge in [-0.05, 0) is 33.1 Å². The van der Waals surface area contributed by atoms with E-state index in [1.54, 1.807) is 20.8 Å². The van der Waals surface area contributed by atoms with Crippen molar-refractivity contribution in [2.75, 3.05) is 6.54 Å². The van der Waals surface area contributed by atoms with E-state index in [1.165, 1.54) is 0 Å². The Morgan fingerprint density at radius 2 is 1.82 bits per heavy atom. The fraction of sp³-hybridized carbons (Fsp3) is 0.833. The lowest BCUT2D eigenvalue weighted by Crippen LogP contribution is -2.44. The predicted octanol–water partition coefficient (Wildman–Crippen LogP) is 0.818. The van der Waals surface area contributed by atoms with E-state index in [1.807, 2.05) is 13.8 Å². The van der Waals surface area contributed by atoms with Gasteiger partial charge in [0, 0.05) is 0 Å². The summed E-state index contributed by atoms with van der Waals surface area (Å²) in [6, 6.07) is -0.572. The van der Waals surface area contributed by atoms with Crippen LogP contribution >= 0.6 is 0 Å². The zero-order valence-corrected chi connectivity index (χ0v) is 11.4. The van der Waals surface area contributed by atoms with Gasteiger partial charge in [-0.3, -0.25) is 9.59 Å². The van der Waals surface area contributed by atoms with Gasteiger partial charge in [0.15, 0.2) is 0 Å². The van der Waals surface area contributed by atoms with Crippen LogP contribution in [0.3, 0.4) is 0 Å². The Morgan fingerprint density at radius 3 is 2.24 bits per heavy atom. The maximum absolute atomic E-state index is 11.5. The van der Waals surface area contributed by atoms with E-state index in [0.29, 0.717) is 12.3 Å². The predicted molar refractivity (Wildman–Crippen MR) is 66.3 cm³/mol. The Morgan fingerprint density at radius 1 is 1.29 bits per heavy atom. The number of nitrogens with one attached hydrogen (secondary N) is 1. The summed E-state index contributed by atoms with van der Waals surface area (Å²) in [5, 5.41) is 2.47. The average Bonchev–Trinajstić information content (AvgIpc) is 2.10. The van der Waals surface area contributed by atoms with Crippen LogP contribution in [0.1, 0.15) is 41.0 Å². The van der Waals surface area contributed by atoms with Gasteiger partial charge in [-0.2, -0.15) is 0 Å². The number of rotatable bonds is 5. The largest absolute Gasteiger partial charge is 0.459 e. The molecule has 0 saturated heterocycles. The van der Waals surface area contributed by atoms with Gasteiger partial charge < -0.3 is 15.8 Å². The Kier molecular flexibility index (Phi) is 6.16. The van der Waals surface area contributed by atoms with Crippen LogP contribution in [0, 0.1) is 5.92 Å². The summed E-state index contributed by atoms with van der Waals surface area (Å²) in [6.07, 6.45) is 0.597. The molecule has 100 valence electrons. The fourth-order valence-corrected chi connectivity index (χ4v) is 1.28. The fourth-order valence-electron chi connectivity index (χ4n) is 1.28. The topological polar surface area (TPSA) is 81.4 Å². The second kappa shape index (κ2) is 6.59. The van der Waals surface area contributed by atoms with Crippen LogP contribution in [0.15, 0.2) is 0 Å². The number of amides is 1. The van der Waals surface area contributed by atoms with E-state index in [0.717, 1.165) is 0 Å². The molecule has 3 N–H and O–H groups in total. The van der Waals surface area contributed by atoms with Gasteiger partial charge in [0.25, 0.3) is 0 Å². The van der Waals surface area contributed by atoms with E-state index < -0.39 is 17.6 Å². The highest BCUT2D eigenvalue weighted by Crippen LogP contribution is 2.06. The third kappa shape index (κ3) is 8.68. The summed E-state index contributed by atoms with van der Waals surface area (Å²) in [6.45, 7) is 9.16. The molecule has 1 atom stereocenters. The molecule has 0 aliphatic rings. The summed E-state index contributed by atoms with van der Waals surface area (Å²) in [7, 11) is 0. The third-order valence-electron chi connectivity index (χ3n) is 1.89. The molecule has 5 heteroatoms. The lowest BCUT2D eigenvalue weighted by Gasteiger charge is -2.20. The number of carbonyl (C=O) groups excluding carboxylic acids is 2. The number of nitrogens with two attached hydrogens (primary N) is 1. The molecule has 0 unspecified atom stereocenters. The van der Waals surface area contributed by atoms with Gasteiger partial charge >= 0.3 is 5.97 Å². The van der Waals surface area contributed by atoms with Crippen molar-refractivity contribution in [3.63, 3.8) is 0 Å². The number of carbonyl (C=O) groups is 2. The Balaban J connectivity index is 3.96. The van der Waals surface area contributed by atoms with Crippen LogP contribution in [-0.4, -0.2) is 30.1 Å².